The van der Waals surface area contributed by atoms with Crippen LogP contribution in [0.15, 0.2) is 24.3 Å². The zero-order chi connectivity index (χ0) is 16.0. The summed E-state index contributed by atoms with van der Waals surface area (Å²) in [7, 11) is 1.48. The Morgan fingerprint density at radius 3 is 2.91 bits per heavy atom. The number of methoxy groups -OCH3 is 1. The third-order valence-corrected chi connectivity index (χ3v) is 6.83. The Bertz CT molecular complexity index is 703. The van der Waals surface area contributed by atoms with Crippen molar-refractivity contribution in [3.63, 3.8) is 0 Å². The van der Waals surface area contributed by atoms with Crippen molar-refractivity contribution in [3.05, 3.63) is 29.8 Å². The number of benzene rings is 1. The Kier molecular flexibility index (Phi) is 2.38. The molecule has 4 atom stereocenters. The molecule has 1 spiro atoms. The number of amides is 1. The number of rotatable bonds is 0. The first kappa shape index (κ1) is 13.7. The van der Waals surface area contributed by atoms with Crippen LogP contribution in [0, 0.1) is 11.3 Å². The lowest BCUT2D eigenvalue weighted by molar-refractivity contribution is 0.0544. The van der Waals surface area contributed by atoms with Crippen molar-refractivity contribution >= 4 is 11.8 Å². The standard InChI is InChI=1S/C18H22N2O3/c1-17(2)12-10-23-20-13-7-5-4-6-11(13)18(14(12)20)8-9-19(15(17)18)16(21)22-3/h4-7,12,14-15H,8-10H2,1-3H3/t12-,14+,15+,18+/m1/s1. The molecule has 0 unspecified atom stereocenters. The van der Waals surface area contributed by atoms with Crippen molar-refractivity contribution < 1.29 is 14.4 Å². The molecule has 23 heavy (non-hydrogen) atoms. The number of ether oxygens (including phenoxy) is 1. The highest BCUT2D eigenvalue weighted by molar-refractivity contribution is 5.73. The number of hydroxylamine groups is 1. The van der Waals surface area contributed by atoms with E-state index in [1.165, 1.54) is 18.4 Å². The molecular formula is C18H22N2O3. The maximum absolute atomic E-state index is 12.4. The van der Waals surface area contributed by atoms with Crippen LogP contribution in [0.1, 0.15) is 25.8 Å². The van der Waals surface area contributed by atoms with Crippen molar-refractivity contribution in [2.24, 2.45) is 11.3 Å². The fourth-order valence-corrected chi connectivity index (χ4v) is 6.15. The summed E-state index contributed by atoms with van der Waals surface area (Å²) in [5.41, 5.74) is 2.50. The predicted molar refractivity (Wildman–Crippen MR) is 85.1 cm³/mol. The van der Waals surface area contributed by atoms with Crippen LogP contribution in [0.2, 0.25) is 0 Å². The topological polar surface area (TPSA) is 42.0 Å². The zero-order valence-corrected chi connectivity index (χ0v) is 13.8. The van der Waals surface area contributed by atoms with Gasteiger partial charge in [0.25, 0.3) is 0 Å². The van der Waals surface area contributed by atoms with Crippen molar-refractivity contribution in [2.45, 2.75) is 37.8 Å². The van der Waals surface area contributed by atoms with Gasteiger partial charge in [-0.1, -0.05) is 32.0 Å². The fourth-order valence-electron chi connectivity index (χ4n) is 6.15. The smallest absolute Gasteiger partial charge is 0.409 e. The SMILES string of the molecule is COC(=O)N1CC[C@]23c4ccccc4N4OC[C@H]([C@H]42)C(C)(C)[C@H]13. The van der Waals surface area contributed by atoms with Crippen LogP contribution < -0.4 is 5.06 Å². The van der Waals surface area contributed by atoms with Gasteiger partial charge in [-0.25, -0.2) is 9.86 Å². The molecule has 0 N–H and O–H groups in total. The van der Waals surface area contributed by atoms with Crippen LogP contribution in [-0.4, -0.2) is 43.3 Å². The van der Waals surface area contributed by atoms with Gasteiger partial charge in [0.2, 0.25) is 0 Å². The van der Waals surface area contributed by atoms with Gasteiger partial charge in [-0.2, -0.15) is 0 Å². The molecule has 0 bridgehead atoms. The van der Waals surface area contributed by atoms with Crippen LogP contribution in [-0.2, 0) is 15.0 Å². The van der Waals surface area contributed by atoms with E-state index < -0.39 is 0 Å². The lowest BCUT2D eigenvalue weighted by atomic mass is 9.71. The Balaban J connectivity index is 1.75. The van der Waals surface area contributed by atoms with Crippen molar-refractivity contribution in [1.29, 1.82) is 0 Å². The molecule has 5 heteroatoms. The number of anilines is 1. The second-order valence-corrected chi connectivity index (χ2v) is 7.87. The summed E-state index contributed by atoms with van der Waals surface area (Å²) in [4.78, 5) is 20.5. The molecule has 1 amide bonds. The quantitative estimate of drug-likeness (QED) is 0.738. The zero-order valence-electron chi connectivity index (χ0n) is 13.8. The normalized spacial score (nSPS) is 38.5. The summed E-state index contributed by atoms with van der Waals surface area (Å²) >= 11 is 0. The van der Waals surface area contributed by atoms with Crippen molar-refractivity contribution in [1.82, 2.24) is 4.90 Å². The largest absolute Gasteiger partial charge is 0.453 e. The van der Waals surface area contributed by atoms with Gasteiger partial charge in [0.1, 0.15) is 0 Å². The molecule has 4 aliphatic rings. The molecule has 5 rings (SSSR count). The molecule has 0 radical (unpaired) electrons. The molecule has 1 aliphatic carbocycles. The molecule has 3 heterocycles. The fraction of sp³-hybridized carbons (Fsp3) is 0.611. The van der Waals surface area contributed by atoms with Crippen molar-refractivity contribution in [2.75, 3.05) is 25.3 Å². The average Bonchev–Trinajstić information content (AvgIpc) is 3.24. The highest BCUT2D eigenvalue weighted by Crippen LogP contribution is 2.68. The van der Waals surface area contributed by atoms with Crippen LogP contribution in [0.3, 0.4) is 0 Å². The maximum Gasteiger partial charge on any atom is 0.409 e. The van der Waals surface area contributed by atoms with Gasteiger partial charge in [0.15, 0.2) is 0 Å². The Hall–Kier alpha value is -1.75. The van der Waals surface area contributed by atoms with Crippen molar-refractivity contribution in [3.8, 4) is 0 Å². The van der Waals surface area contributed by atoms with E-state index in [1.54, 1.807) is 0 Å². The number of carbonyl (C=O) groups excluding carboxylic acids is 1. The minimum atomic E-state index is -0.197. The minimum Gasteiger partial charge on any atom is -0.453 e. The monoisotopic (exact) mass is 314 g/mol. The summed E-state index contributed by atoms with van der Waals surface area (Å²) < 4.78 is 5.09. The van der Waals surface area contributed by atoms with Crippen LogP contribution in [0.4, 0.5) is 10.5 Å². The first-order valence-corrected chi connectivity index (χ1v) is 8.39. The lowest BCUT2D eigenvalue weighted by Gasteiger charge is -2.39. The Labute approximate surface area is 136 Å². The van der Waals surface area contributed by atoms with E-state index in [4.69, 9.17) is 9.57 Å². The summed E-state index contributed by atoms with van der Waals surface area (Å²) in [5, 5.41) is 2.14. The summed E-state index contributed by atoms with van der Waals surface area (Å²) in [6.07, 6.45) is 0.783. The molecule has 0 aromatic heterocycles. The van der Waals surface area contributed by atoms with E-state index in [1.807, 2.05) is 4.90 Å². The molecule has 3 aliphatic heterocycles. The molecule has 3 fully saturated rings. The lowest BCUT2D eigenvalue weighted by Crippen LogP contribution is -2.50. The van der Waals surface area contributed by atoms with E-state index in [0.29, 0.717) is 12.0 Å². The van der Waals surface area contributed by atoms with Crippen LogP contribution in [0.5, 0.6) is 0 Å². The van der Waals surface area contributed by atoms with Crippen LogP contribution >= 0.6 is 0 Å². The number of fused-ring (bicyclic) bond motifs is 2. The molecule has 1 saturated carbocycles. The van der Waals surface area contributed by atoms with E-state index in [9.17, 15) is 4.79 Å². The Morgan fingerprint density at radius 1 is 1.35 bits per heavy atom. The maximum atomic E-state index is 12.4. The highest BCUT2D eigenvalue weighted by Gasteiger charge is 2.75. The van der Waals surface area contributed by atoms with E-state index in [0.717, 1.165) is 19.6 Å². The second kappa shape index (κ2) is 4.01. The third-order valence-electron chi connectivity index (χ3n) is 6.83. The molecule has 5 nitrogen and oxygen atoms in total. The third kappa shape index (κ3) is 1.29. The van der Waals surface area contributed by atoms with Gasteiger partial charge in [-0.3, -0.25) is 4.84 Å². The molecular weight excluding hydrogens is 292 g/mol. The Morgan fingerprint density at radius 2 is 2.13 bits per heavy atom. The van der Waals surface area contributed by atoms with Gasteiger partial charge >= 0.3 is 6.09 Å². The first-order chi connectivity index (χ1) is 11.0. The number of hydrogen-bond donors (Lipinski definition) is 0. The number of nitrogens with zero attached hydrogens (tertiary/aromatic N) is 2. The summed E-state index contributed by atoms with van der Waals surface area (Å²) in [6.45, 7) is 6.07. The van der Waals surface area contributed by atoms with Gasteiger partial charge in [0.05, 0.1) is 31.5 Å². The number of hydrogen-bond acceptors (Lipinski definition) is 4. The van der Waals surface area contributed by atoms with E-state index >= 15 is 0 Å². The van der Waals surface area contributed by atoms with E-state index in [-0.39, 0.29) is 23.0 Å². The molecule has 1 aromatic rings. The molecule has 2 saturated heterocycles. The van der Waals surface area contributed by atoms with E-state index in [2.05, 4.69) is 43.2 Å². The minimum absolute atomic E-state index is 0.00234. The number of likely N-dealkylation sites (tertiary alicyclic amines) is 1. The van der Waals surface area contributed by atoms with Gasteiger partial charge in [0, 0.05) is 17.9 Å². The first-order valence-electron chi connectivity index (χ1n) is 8.39. The van der Waals surface area contributed by atoms with Crippen LogP contribution in [0.25, 0.3) is 0 Å². The highest BCUT2D eigenvalue weighted by atomic mass is 16.7. The molecule has 122 valence electrons. The van der Waals surface area contributed by atoms with Gasteiger partial charge in [-0.05, 0) is 23.5 Å². The number of carbonyl (C=O) groups is 1. The van der Waals surface area contributed by atoms with Gasteiger partial charge in [-0.15, -0.1) is 0 Å². The number of para-hydroxylation sites is 1. The van der Waals surface area contributed by atoms with Gasteiger partial charge < -0.3 is 9.64 Å². The predicted octanol–water partition coefficient (Wildman–Crippen LogP) is 2.55. The second-order valence-electron chi connectivity index (χ2n) is 7.87. The average molecular weight is 314 g/mol. The molecule has 1 aromatic carbocycles. The summed E-state index contributed by atoms with van der Waals surface area (Å²) in [6, 6.07) is 9.04. The summed E-state index contributed by atoms with van der Waals surface area (Å²) in [5.74, 6) is 0.423.